The summed E-state index contributed by atoms with van der Waals surface area (Å²) in [5, 5.41) is 7.29. The van der Waals surface area contributed by atoms with Crippen molar-refractivity contribution in [1.29, 1.82) is 0 Å². The quantitative estimate of drug-likeness (QED) is 0.491. The first-order chi connectivity index (χ1) is 15.1. The minimum atomic E-state index is -4.87. The van der Waals surface area contributed by atoms with Crippen LogP contribution in [0.15, 0.2) is 54.7 Å². The van der Waals surface area contributed by atoms with Gasteiger partial charge in [-0.1, -0.05) is 12.1 Å². The number of carbonyl (C=O) groups is 2. The molecule has 0 spiro atoms. The van der Waals surface area contributed by atoms with Gasteiger partial charge in [-0.05, 0) is 36.4 Å². The molecule has 1 heterocycles. The molecule has 1 aromatic heterocycles. The van der Waals surface area contributed by atoms with E-state index in [0.29, 0.717) is 12.1 Å². The van der Waals surface area contributed by atoms with E-state index < -0.39 is 40.8 Å². The Bertz CT molecular complexity index is 1180. The molecular formula is C21H15F5N4O2. The van der Waals surface area contributed by atoms with Crippen molar-refractivity contribution in [3.8, 4) is 0 Å². The van der Waals surface area contributed by atoms with Crippen molar-refractivity contribution >= 4 is 29.0 Å². The molecule has 3 N–H and O–H groups in total. The predicted octanol–water partition coefficient (Wildman–Crippen LogP) is 4.73. The Morgan fingerprint density at radius 2 is 1.62 bits per heavy atom. The van der Waals surface area contributed by atoms with Crippen LogP contribution in [-0.2, 0) is 6.18 Å². The highest BCUT2D eigenvalue weighted by atomic mass is 19.4. The van der Waals surface area contributed by atoms with Crippen molar-refractivity contribution in [2.75, 3.05) is 17.7 Å². The molecule has 166 valence electrons. The first-order valence-electron chi connectivity index (χ1n) is 9.01. The van der Waals surface area contributed by atoms with E-state index in [1.807, 2.05) is 0 Å². The molecule has 0 saturated heterocycles. The Kier molecular flexibility index (Phi) is 6.37. The summed E-state index contributed by atoms with van der Waals surface area (Å²) in [6, 6.07) is 8.11. The van der Waals surface area contributed by atoms with E-state index in [1.165, 1.54) is 37.4 Å². The minimum absolute atomic E-state index is 0.00620. The number of nitrogens with zero attached hydrogens (tertiary/aromatic N) is 1. The lowest BCUT2D eigenvalue weighted by Gasteiger charge is -2.15. The maximum absolute atomic E-state index is 14.0. The molecule has 3 rings (SSSR count). The Balaban J connectivity index is 2.00. The van der Waals surface area contributed by atoms with Gasteiger partial charge >= 0.3 is 6.18 Å². The third-order valence-electron chi connectivity index (χ3n) is 4.24. The lowest BCUT2D eigenvalue weighted by molar-refractivity contribution is -0.137. The van der Waals surface area contributed by atoms with Gasteiger partial charge < -0.3 is 16.0 Å². The fourth-order valence-electron chi connectivity index (χ4n) is 2.70. The smallest absolute Gasteiger partial charge is 0.355 e. The van der Waals surface area contributed by atoms with E-state index in [0.717, 1.165) is 6.20 Å². The lowest BCUT2D eigenvalue weighted by Crippen LogP contribution is -2.20. The molecule has 0 aliphatic carbocycles. The highest BCUT2D eigenvalue weighted by Crippen LogP contribution is 2.31. The minimum Gasteiger partial charge on any atom is -0.355 e. The zero-order valence-corrected chi connectivity index (χ0v) is 16.3. The molecule has 0 atom stereocenters. The second kappa shape index (κ2) is 9.00. The molecule has 0 unspecified atom stereocenters. The predicted molar refractivity (Wildman–Crippen MR) is 107 cm³/mol. The van der Waals surface area contributed by atoms with E-state index in [1.54, 1.807) is 0 Å². The Hall–Kier alpha value is -4.02. The van der Waals surface area contributed by atoms with Crippen LogP contribution in [0.2, 0.25) is 0 Å². The number of aromatic nitrogens is 1. The lowest BCUT2D eigenvalue weighted by atomic mass is 10.1. The number of halogens is 5. The van der Waals surface area contributed by atoms with E-state index in [4.69, 9.17) is 0 Å². The van der Waals surface area contributed by atoms with Gasteiger partial charge in [-0.2, -0.15) is 13.2 Å². The Morgan fingerprint density at radius 1 is 0.906 bits per heavy atom. The molecule has 3 aromatic rings. The number of alkyl halides is 3. The molecule has 11 heteroatoms. The SMILES string of the molecule is CNC(=O)c1cnc(Nc2ccccc2F)c(NC(=O)c2cc(F)cc(C(F)(F)F)c2)c1. The fourth-order valence-corrected chi connectivity index (χ4v) is 2.70. The molecule has 0 radical (unpaired) electrons. The Labute approximate surface area is 178 Å². The van der Waals surface area contributed by atoms with Crippen molar-refractivity contribution in [3.05, 3.63) is 83.1 Å². The van der Waals surface area contributed by atoms with Gasteiger partial charge in [0.05, 0.1) is 22.5 Å². The number of hydrogen-bond acceptors (Lipinski definition) is 4. The number of nitrogens with one attached hydrogen (secondary N) is 3. The largest absolute Gasteiger partial charge is 0.416 e. The molecule has 0 aliphatic heterocycles. The summed E-state index contributed by atoms with van der Waals surface area (Å²) in [6.07, 6.45) is -3.71. The normalized spacial score (nSPS) is 11.1. The van der Waals surface area contributed by atoms with Crippen LogP contribution in [0.4, 0.5) is 39.1 Å². The van der Waals surface area contributed by atoms with Crippen LogP contribution in [-0.4, -0.2) is 23.8 Å². The van der Waals surface area contributed by atoms with Crippen molar-refractivity contribution in [1.82, 2.24) is 10.3 Å². The zero-order valence-electron chi connectivity index (χ0n) is 16.3. The maximum atomic E-state index is 14.0. The van der Waals surface area contributed by atoms with E-state index in [2.05, 4.69) is 20.9 Å². The number of anilines is 3. The van der Waals surface area contributed by atoms with Crippen molar-refractivity contribution < 1.29 is 31.5 Å². The topological polar surface area (TPSA) is 83.1 Å². The third kappa shape index (κ3) is 5.17. The van der Waals surface area contributed by atoms with Crippen LogP contribution < -0.4 is 16.0 Å². The molecule has 2 aromatic carbocycles. The number of hydrogen-bond donors (Lipinski definition) is 3. The van der Waals surface area contributed by atoms with Crippen molar-refractivity contribution in [2.24, 2.45) is 0 Å². The summed E-state index contributed by atoms with van der Waals surface area (Å²) in [4.78, 5) is 28.5. The van der Waals surface area contributed by atoms with Crippen LogP contribution >= 0.6 is 0 Å². The van der Waals surface area contributed by atoms with Gasteiger partial charge in [-0.25, -0.2) is 13.8 Å². The molecule has 2 amide bonds. The highest BCUT2D eigenvalue weighted by Gasteiger charge is 2.32. The average molecular weight is 450 g/mol. The van der Waals surface area contributed by atoms with Crippen LogP contribution in [0.5, 0.6) is 0 Å². The van der Waals surface area contributed by atoms with E-state index in [-0.39, 0.29) is 28.8 Å². The summed E-state index contributed by atoms with van der Waals surface area (Å²) >= 11 is 0. The summed E-state index contributed by atoms with van der Waals surface area (Å²) < 4.78 is 66.6. The fraction of sp³-hybridized carbons (Fsp3) is 0.0952. The molecule has 32 heavy (non-hydrogen) atoms. The maximum Gasteiger partial charge on any atom is 0.416 e. The summed E-state index contributed by atoms with van der Waals surface area (Å²) in [6.45, 7) is 0. The number of pyridine rings is 1. The van der Waals surface area contributed by atoms with Gasteiger partial charge in [-0.3, -0.25) is 9.59 Å². The summed E-state index contributed by atoms with van der Waals surface area (Å²) in [5.41, 5.74) is -2.09. The van der Waals surface area contributed by atoms with Gasteiger partial charge in [0, 0.05) is 18.8 Å². The molecular weight excluding hydrogens is 435 g/mol. The summed E-state index contributed by atoms with van der Waals surface area (Å²) in [5.74, 6) is -3.64. The number of rotatable bonds is 5. The van der Waals surface area contributed by atoms with Gasteiger partial charge in [0.1, 0.15) is 11.6 Å². The Morgan fingerprint density at radius 3 is 2.28 bits per heavy atom. The first-order valence-corrected chi connectivity index (χ1v) is 9.01. The standard InChI is InChI=1S/C21H15F5N4O2/c1-27-19(31)12-8-17(18(28-10-12)29-16-5-3-2-4-15(16)23)30-20(32)11-6-13(21(24,25)26)9-14(22)7-11/h2-10H,1H3,(H,27,31)(H,28,29)(H,30,32). The average Bonchev–Trinajstić information content (AvgIpc) is 2.74. The zero-order chi connectivity index (χ0) is 23.5. The second-order valence-corrected chi connectivity index (χ2v) is 6.48. The molecule has 0 bridgehead atoms. The number of amides is 2. The van der Waals surface area contributed by atoms with Crippen LogP contribution in [0.3, 0.4) is 0 Å². The summed E-state index contributed by atoms with van der Waals surface area (Å²) in [7, 11) is 1.36. The van der Waals surface area contributed by atoms with Crippen LogP contribution in [0, 0.1) is 11.6 Å². The van der Waals surface area contributed by atoms with Gasteiger partial charge in [-0.15, -0.1) is 0 Å². The number of carbonyl (C=O) groups excluding carboxylic acids is 2. The van der Waals surface area contributed by atoms with Gasteiger partial charge in [0.2, 0.25) is 0 Å². The molecule has 6 nitrogen and oxygen atoms in total. The number of benzene rings is 2. The van der Waals surface area contributed by atoms with E-state index in [9.17, 15) is 31.5 Å². The third-order valence-corrected chi connectivity index (χ3v) is 4.24. The second-order valence-electron chi connectivity index (χ2n) is 6.48. The molecule has 0 fully saturated rings. The van der Waals surface area contributed by atoms with Crippen LogP contribution in [0.25, 0.3) is 0 Å². The molecule has 0 aliphatic rings. The van der Waals surface area contributed by atoms with E-state index >= 15 is 0 Å². The van der Waals surface area contributed by atoms with Gasteiger partial charge in [0.15, 0.2) is 5.82 Å². The monoisotopic (exact) mass is 450 g/mol. The van der Waals surface area contributed by atoms with Crippen molar-refractivity contribution in [2.45, 2.75) is 6.18 Å². The van der Waals surface area contributed by atoms with Gasteiger partial charge in [0.25, 0.3) is 11.8 Å². The highest BCUT2D eigenvalue weighted by molar-refractivity contribution is 6.07. The van der Waals surface area contributed by atoms with Crippen LogP contribution in [0.1, 0.15) is 26.3 Å². The number of para-hydroxylation sites is 1. The van der Waals surface area contributed by atoms with Crippen molar-refractivity contribution in [3.63, 3.8) is 0 Å². The first kappa shape index (κ1) is 22.7. The molecule has 0 saturated carbocycles.